The van der Waals surface area contributed by atoms with Crippen molar-refractivity contribution in [1.29, 1.82) is 0 Å². The van der Waals surface area contributed by atoms with Gasteiger partial charge in [-0.15, -0.1) is 0 Å². The van der Waals surface area contributed by atoms with Crippen molar-refractivity contribution in [1.82, 2.24) is 0 Å². The average Bonchev–Trinajstić information content (AvgIpc) is 2.18. The lowest BCUT2D eigenvalue weighted by Crippen LogP contribution is -1.96. The molecule has 0 fully saturated rings. The summed E-state index contributed by atoms with van der Waals surface area (Å²) in [4.78, 5) is 0. The van der Waals surface area contributed by atoms with Gasteiger partial charge in [0.1, 0.15) is 0 Å². The standard InChI is InChI=1S/C6H16O5P2S/c1-5-9-12(10-6-2)11-13(14,7-3)8-4/h5-6H2,1-4H3. The van der Waals surface area contributed by atoms with Crippen molar-refractivity contribution >= 4 is 27.1 Å². The lowest BCUT2D eigenvalue weighted by atomic mass is 10.9. The first-order chi connectivity index (χ1) is 6.61. The molecule has 0 radical (unpaired) electrons. The molecule has 0 heterocycles. The normalized spacial score (nSPS) is 12.4. The van der Waals surface area contributed by atoms with Crippen LogP contribution in [0.1, 0.15) is 13.8 Å². The molecule has 0 aliphatic rings. The van der Waals surface area contributed by atoms with Crippen LogP contribution in [0, 0.1) is 0 Å². The Morgan fingerprint density at radius 2 is 1.50 bits per heavy atom. The molecule has 0 aromatic rings. The van der Waals surface area contributed by atoms with Crippen molar-refractivity contribution in [3.63, 3.8) is 0 Å². The van der Waals surface area contributed by atoms with Gasteiger partial charge >= 0.3 is 15.3 Å². The topological polar surface area (TPSA) is 46.2 Å². The van der Waals surface area contributed by atoms with Crippen molar-refractivity contribution < 1.29 is 22.4 Å². The molecule has 0 spiro atoms. The highest BCUT2D eigenvalue weighted by molar-refractivity contribution is 8.08. The molecular weight excluding hydrogens is 246 g/mol. The lowest BCUT2D eigenvalue weighted by Gasteiger charge is -2.21. The summed E-state index contributed by atoms with van der Waals surface area (Å²) in [5.41, 5.74) is 0. The quantitative estimate of drug-likeness (QED) is 0.627. The van der Waals surface area contributed by atoms with E-state index >= 15 is 0 Å². The molecule has 8 heteroatoms. The molecule has 5 nitrogen and oxygen atoms in total. The molecule has 0 saturated carbocycles. The van der Waals surface area contributed by atoms with E-state index in [4.69, 9.17) is 34.2 Å². The van der Waals surface area contributed by atoms with Gasteiger partial charge in [0.15, 0.2) is 0 Å². The molecule has 0 aromatic heterocycles. The summed E-state index contributed by atoms with van der Waals surface area (Å²) < 4.78 is 25.6. The summed E-state index contributed by atoms with van der Waals surface area (Å²) in [6.45, 7) is 2.00. The second-order valence-corrected chi connectivity index (χ2v) is 6.54. The first-order valence-corrected chi connectivity index (χ1v) is 7.74. The van der Waals surface area contributed by atoms with Crippen LogP contribution in [0.2, 0.25) is 0 Å². The molecule has 0 aromatic carbocycles. The Balaban J connectivity index is 4.18. The third-order valence-electron chi connectivity index (χ3n) is 1.08. The van der Waals surface area contributed by atoms with Crippen molar-refractivity contribution in [2.75, 3.05) is 27.4 Å². The van der Waals surface area contributed by atoms with Gasteiger partial charge < -0.3 is 18.1 Å². The van der Waals surface area contributed by atoms with E-state index in [0.29, 0.717) is 13.2 Å². The van der Waals surface area contributed by atoms with E-state index in [0.717, 1.165) is 0 Å². The fraction of sp³-hybridized carbons (Fsp3) is 1.00. The molecule has 0 unspecified atom stereocenters. The van der Waals surface area contributed by atoms with Crippen molar-refractivity contribution in [2.24, 2.45) is 0 Å². The molecule has 0 N–H and O–H groups in total. The Bertz CT molecular complexity index is 177. The smallest absolute Gasteiger partial charge is 0.312 e. The van der Waals surface area contributed by atoms with Gasteiger partial charge in [0.25, 0.3) is 0 Å². The Labute approximate surface area is 91.3 Å². The van der Waals surface area contributed by atoms with Gasteiger partial charge in [0.2, 0.25) is 0 Å². The number of rotatable bonds is 8. The zero-order valence-electron chi connectivity index (χ0n) is 8.76. The zero-order valence-corrected chi connectivity index (χ0v) is 11.4. The van der Waals surface area contributed by atoms with Crippen LogP contribution < -0.4 is 0 Å². The summed E-state index contributed by atoms with van der Waals surface area (Å²) in [6, 6.07) is 0. The molecule has 0 saturated heterocycles. The molecule has 0 atom stereocenters. The van der Waals surface area contributed by atoms with E-state index in [2.05, 4.69) is 0 Å². The molecule has 0 aliphatic carbocycles. The summed E-state index contributed by atoms with van der Waals surface area (Å²) in [5.74, 6) is 0. The van der Waals surface area contributed by atoms with Gasteiger partial charge in [-0.1, -0.05) is 0 Å². The average molecular weight is 262 g/mol. The zero-order chi connectivity index (χ0) is 11.0. The van der Waals surface area contributed by atoms with Crippen LogP contribution in [-0.2, 0) is 34.2 Å². The van der Waals surface area contributed by atoms with Gasteiger partial charge in [0, 0.05) is 14.2 Å². The molecular formula is C6H16O5P2S. The summed E-state index contributed by atoms with van der Waals surface area (Å²) in [7, 11) is 1.42. The van der Waals surface area contributed by atoms with Crippen molar-refractivity contribution in [3.05, 3.63) is 0 Å². The molecule has 14 heavy (non-hydrogen) atoms. The number of hydrogen-bond donors (Lipinski definition) is 0. The maximum atomic E-state index is 5.32. The molecule has 0 aliphatic heterocycles. The highest BCUT2D eigenvalue weighted by Gasteiger charge is 2.25. The predicted molar refractivity (Wildman–Crippen MR) is 59.6 cm³/mol. The predicted octanol–water partition coefficient (Wildman–Crippen LogP) is 2.82. The van der Waals surface area contributed by atoms with E-state index in [-0.39, 0.29) is 0 Å². The first-order valence-electron chi connectivity index (χ1n) is 4.09. The van der Waals surface area contributed by atoms with Crippen molar-refractivity contribution in [3.8, 4) is 0 Å². The van der Waals surface area contributed by atoms with Gasteiger partial charge in [-0.25, -0.2) is 4.31 Å². The van der Waals surface area contributed by atoms with E-state index in [1.165, 1.54) is 14.2 Å². The third kappa shape index (κ3) is 5.69. The number of hydrogen-bond acceptors (Lipinski definition) is 6. The van der Waals surface area contributed by atoms with Crippen LogP contribution in [0.15, 0.2) is 0 Å². The van der Waals surface area contributed by atoms with Crippen molar-refractivity contribution in [2.45, 2.75) is 13.8 Å². The Hall–Kier alpha value is 0.880. The van der Waals surface area contributed by atoms with Crippen LogP contribution in [0.3, 0.4) is 0 Å². The van der Waals surface area contributed by atoms with Crippen LogP contribution >= 0.6 is 15.3 Å². The monoisotopic (exact) mass is 262 g/mol. The maximum Gasteiger partial charge on any atom is 0.340 e. The van der Waals surface area contributed by atoms with E-state index in [9.17, 15) is 0 Å². The second-order valence-electron chi connectivity index (χ2n) is 1.95. The van der Waals surface area contributed by atoms with E-state index < -0.39 is 15.3 Å². The molecule has 0 rings (SSSR count). The minimum Gasteiger partial charge on any atom is -0.312 e. The van der Waals surface area contributed by atoms with Gasteiger partial charge in [-0.2, -0.15) is 0 Å². The Kier molecular flexibility index (Phi) is 8.59. The second kappa shape index (κ2) is 8.08. The summed E-state index contributed by atoms with van der Waals surface area (Å²) >= 11 is 5.01. The van der Waals surface area contributed by atoms with Gasteiger partial charge in [-0.05, 0) is 25.7 Å². The third-order valence-corrected chi connectivity index (χ3v) is 5.74. The lowest BCUT2D eigenvalue weighted by molar-refractivity contribution is 0.197. The van der Waals surface area contributed by atoms with Crippen LogP contribution in [0.5, 0.6) is 0 Å². The van der Waals surface area contributed by atoms with E-state index in [1.807, 2.05) is 13.8 Å². The van der Waals surface area contributed by atoms with Gasteiger partial charge in [0.05, 0.1) is 13.2 Å². The molecule has 0 amide bonds. The fourth-order valence-corrected chi connectivity index (χ4v) is 3.22. The van der Waals surface area contributed by atoms with Crippen LogP contribution in [0.4, 0.5) is 0 Å². The largest absolute Gasteiger partial charge is 0.340 e. The fourth-order valence-electron chi connectivity index (χ4n) is 0.518. The highest BCUT2D eigenvalue weighted by atomic mass is 32.5. The minimum atomic E-state index is -2.68. The molecule has 86 valence electrons. The SMILES string of the molecule is CCOP(OCC)OP(=S)(OC)OC. The minimum absolute atomic E-state index is 0.495. The first kappa shape index (κ1) is 14.9. The Morgan fingerprint density at radius 1 is 1.07 bits per heavy atom. The van der Waals surface area contributed by atoms with Crippen LogP contribution in [-0.4, -0.2) is 27.4 Å². The summed E-state index contributed by atoms with van der Waals surface area (Å²) in [6.07, 6.45) is 0. The molecule has 0 bridgehead atoms. The van der Waals surface area contributed by atoms with Gasteiger partial charge in [-0.3, -0.25) is 0 Å². The highest BCUT2D eigenvalue weighted by Crippen LogP contribution is 2.60. The summed E-state index contributed by atoms with van der Waals surface area (Å²) in [5, 5.41) is 0. The maximum absolute atomic E-state index is 5.32. The van der Waals surface area contributed by atoms with E-state index in [1.54, 1.807) is 0 Å². The Morgan fingerprint density at radius 3 is 1.79 bits per heavy atom. The van der Waals surface area contributed by atoms with Crippen LogP contribution in [0.25, 0.3) is 0 Å².